The van der Waals surface area contributed by atoms with E-state index < -0.39 is 0 Å². The number of nitrogen functional groups attached to an aromatic ring is 1. The standard InChI is InChI=1S/C11H10N2O2/c1-15-11(14)8-3-2-7-4-5-10(12)13-9(7)6-8/h2-6H,1H3,(H2,12,13). The van der Waals surface area contributed by atoms with Crippen LogP contribution in [0.5, 0.6) is 0 Å². The molecule has 0 saturated carbocycles. The minimum Gasteiger partial charge on any atom is -0.465 e. The third-order valence-electron chi connectivity index (χ3n) is 2.13. The Morgan fingerprint density at radius 1 is 1.33 bits per heavy atom. The van der Waals surface area contributed by atoms with Crippen molar-refractivity contribution in [2.24, 2.45) is 0 Å². The highest BCUT2D eigenvalue weighted by molar-refractivity contribution is 5.94. The number of nitrogens with two attached hydrogens (primary N) is 1. The summed E-state index contributed by atoms with van der Waals surface area (Å²) in [6.07, 6.45) is 0. The summed E-state index contributed by atoms with van der Waals surface area (Å²) in [6, 6.07) is 8.76. The second kappa shape index (κ2) is 3.57. The predicted molar refractivity (Wildman–Crippen MR) is 57.5 cm³/mol. The number of hydrogen-bond acceptors (Lipinski definition) is 4. The molecule has 2 N–H and O–H groups in total. The third kappa shape index (κ3) is 1.74. The van der Waals surface area contributed by atoms with E-state index in [1.54, 1.807) is 18.2 Å². The maximum absolute atomic E-state index is 11.3. The molecule has 4 heteroatoms. The Morgan fingerprint density at radius 2 is 2.07 bits per heavy atom. The molecule has 0 aliphatic carbocycles. The number of methoxy groups -OCH3 is 1. The van der Waals surface area contributed by atoms with Gasteiger partial charge < -0.3 is 10.5 Å². The number of pyridine rings is 1. The summed E-state index contributed by atoms with van der Waals surface area (Å²) in [5.74, 6) is 0.0608. The number of ether oxygens (including phenoxy) is 1. The third-order valence-corrected chi connectivity index (χ3v) is 2.13. The first kappa shape index (κ1) is 9.45. The van der Waals surface area contributed by atoms with E-state index in [0.717, 1.165) is 5.39 Å². The van der Waals surface area contributed by atoms with Crippen LogP contribution in [0.1, 0.15) is 10.4 Å². The average molecular weight is 202 g/mol. The molecular weight excluding hydrogens is 192 g/mol. The van der Waals surface area contributed by atoms with Crippen molar-refractivity contribution in [3.05, 3.63) is 35.9 Å². The van der Waals surface area contributed by atoms with Crippen molar-refractivity contribution >= 4 is 22.7 Å². The fourth-order valence-corrected chi connectivity index (χ4v) is 1.38. The second-order valence-corrected chi connectivity index (χ2v) is 3.14. The lowest BCUT2D eigenvalue weighted by Gasteiger charge is -2.02. The van der Waals surface area contributed by atoms with E-state index in [9.17, 15) is 4.79 Å². The molecule has 76 valence electrons. The highest BCUT2D eigenvalue weighted by Crippen LogP contribution is 2.15. The Morgan fingerprint density at radius 3 is 2.80 bits per heavy atom. The van der Waals surface area contributed by atoms with Gasteiger partial charge in [0.1, 0.15) is 5.82 Å². The summed E-state index contributed by atoms with van der Waals surface area (Å²) >= 11 is 0. The van der Waals surface area contributed by atoms with Gasteiger partial charge in [0.25, 0.3) is 0 Å². The molecular formula is C11H10N2O2. The van der Waals surface area contributed by atoms with E-state index in [-0.39, 0.29) is 5.97 Å². The van der Waals surface area contributed by atoms with Gasteiger partial charge in [-0.25, -0.2) is 9.78 Å². The average Bonchev–Trinajstić information content (AvgIpc) is 2.27. The Bertz CT molecular complexity index is 523. The zero-order chi connectivity index (χ0) is 10.8. The van der Waals surface area contributed by atoms with Crippen molar-refractivity contribution in [1.82, 2.24) is 4.98 Å². The number of carbonyl (C=O) groups is 1. The van der Waals surface area contributed by atoms with Gasteiger partial charge in [0.05, 0.1) is 18.2 Å². The summed E-state index contributed by atoms with van der Waals surface area (Å²) in [5, 5.41) is 0.942. The molecule has 2 aromatic rings. The van der Waals surface area contributed by atoms with Gasteiger partial charge in [-0.1, -0.05) is 6.07 Å². The molecule has 0 aliphatic rings. The van der Waals surface area contributed by atoms with Crippen LogP contribution < -0.4 is 5.73 Å². The molecule has 0 saturated heterocycles. The van der Waals surface area contributed by atoms with E-state index in [0.29, 0.717) is 16.9 Å². The number of rotatable bonds is 1. The van der Waals surface area contributed by atoms with Crippen LogP contribution in [-0.4, -0.2) is 18.1 Å². The lowest BCUT2D eigenvalue weighted by atomic mass is 10.1. The van der Waals surface area contributed by atoms with Crippen LogP contribution in [0.25, 0.3) is 10.9 Å². The Balaban J connectivity index is 2.59. The van der Waals surface area contributed by atoms with Crippen LogP contribution in [0.15, 0.2) is 30.3 Å². The van der Waals surface area contributed by atoms with Gasteiger partial charge in [-0.3, -0.25) is 0 Å². The summed E-state index contributed by atoms with van der Waals surface area (Å²) in [5.41, 5.74) is 6.72. The normalized spacial score (nSPS) is 10.2. The first-order valence-electron chi connectivity index (χ1n) is 4.45. The molecule has 1 aromatic heterocycles. The lowest BCUT2D eigenvalue weighted by molar-refractivity contribution is 0.0601. The van der Waals surface area contributed by atoms with E-state index in [4.69, 9.17) is 5.73 Å². The second-order valence-electron chi connectivity index (χ2n) is 3.14. The zero-order valence-electron chi connectivity index (χ0n) is 8.23. The maximum Gasteiger partial charge on any atom is 0.337 e. The summed E-state index contributed by atoms with van der Waals surface area (Å²) < 4.78 is 4.62. The van der Waals surface area contributed by atoms with Gasteiger partial charge in [0.15, 0.2) is 0 Å². The number of anilines is 1. The largest absolute Gasteiger partial charge is 0.465 e. The molecule has 1 aromatic carbocycles. The SMILES string of the molecule is COC(=O)c1ccc2ccc(N)nc2c1. The number of fused-ring (bicyclic) bond motifs is 1. The molecule has 0 aliphatic heterocycles. The van der Waals surface area contributed by atoms with Gasteiger partial charge in [-0.05, 0) is 24.3 Å². The number of hydrogen-bond donors (Lipinski definition) is 1. The number of carbonyl (C=O) groups excluding carboxylic acids is 1. The zero-order valence-corrected chi connectivity index (χ0v) is 8.23. The molecule has 0 amide bonds. The first-order valence-corrected chi connectivity index (χ1v) is 4.45. The van der Waals surface area contributed by atoms with Crippen LogP contribution >= 0.6 is 0 Å². The number of benzene rings is 1. The highest BCUT2D eigenvalue weighted by Gasteiger charge is 2.06. The molecule has 1 heterocycles. The maximum atomic E-state index is 11.3. The minimum absolute atomic E-state index is 0.374. The fraction of sp³-hybridized carbons (Fsp3) is 0.0909. The van der Waals surface area contributed by atoms with Crippen molar-refractivity contribution in [1.29, 1.82) is 0 Å². The van der Waals surface area contributed by atoms with Crippen LogP contribution in [0, 0.1) is 0 Å². The van der Waals surface area contributed by atoms with Gasteiger partial charge in [-0.15, -0.1) is 0 Å². The summed E-state index contributed by atoms with van der Waals surface area (Å²) in [4.78, 5) is 15.4. The van der Waals surface area contributed by atoms with Gasteiger partial charge in [0, 0.05) is 5.39 Å². The van der Waals surface area contributed by atoms with E-state index in [2.05, 4.69) is 9.72 Å². The Kier molecular flexibility index (Phi) is 2.25. The van der Waals surface area contributed by atoms with Crippen LogP contribution in [0.4, 0.5) is 5.82 Å². The first-order chi connectivity index (χ1) is 7.20. The van der Waals surface area contributed by atoms with Gasteiger partial charge >= 0.3 is 5.97 Å². The molecule has 0 radical (unpaired) electrons. The van der Waals surface area contributed by atoms with E-state index >= 15 is 0 Å². The van der Waals surface area contributed by atoms with Gasteiger partial charge in [-0.2, -0.15) is 0 Å². The lowest BCUT2D eigenvalue weighted by Crippen LogP contribution is -2.01. The molecule has 15 heavy (non-hydrogen) atoms. The number of esters is 1. The molecule has 0 spiro atoms. The molecule has 0 bridgehead atoms. The molecule has 4 nitrogen and oxygen atoms in total. The predicted octanol–water partition coefficient (Wildman–Crippen LogP) is 1.60. The Labute approximate surface area is 86.7 Å². The smallest absolute Gasteiger partial charge is 0.337 e. The monoisotopic (exact) mass is 202 g/mol. The molecule has 0 fully saturated rings. The van der Waals surface area contributed by atoms with Crippen molar-refractivity contribution < 1.29 is 9.53 Å². The van der Waals surface area contributed by atoms with Crippen LogP contribution in [0.3, 0.4) is 0 Å². The number of aromatic nitrogens is 1. The summed E-state index contributed by atoms with van der Waals surface area (Å²) in [6.45, 7) is 0. The Hall–Kier alpha value is -2.10. The topological polar surface area (TPSA) is 65.2 Å². The van der Waals surface area contributed by atoms with Crippen molar-refractivity contribution in [2.45, 2.75) is 0 Å². The van der Waals surface area contributed by atoms with Crippen molar-refractivity contribution in [3.63, 3.8) is 0 Å². The summed E-state index contributed by atoms with van der Waals surface area (Å²) in [7, 11) is 1.35. The molecule has 0 unspecified atom stereocenters. The quantitative estimate of drug-likeness (QED) is 0.713. The van der Waals surface area contributed by atoms with Gasteiger partial charge in [0.2, 0.25) is 0 Å². The van der Waals surface area contributed by atoms with E-state index in [1.807, 2.05) is 12.1 Å². The molecule has 0 atom stereocenters. The van der Waals surface area contributed by atoms with Crippen LogP contribution in [0.2, 0.25) is 0 Å². The van der Waals surface area contributed by atoms with E-state index in [1.165, 1.54) is 7.11 Å². The fourth-order valence-electron chi connectivity index (χ4n) is 1.38. The highest BCUT2D eigenvalue weighted by atomic mass is 16.5. The number of nitrogens with zero attached hydrogens (tertiary/aromatic N) is 1. The van der Waals surface area contributed by atoms with Crippen molar-refractivity contribution in [2.75, 3.05) is 12.8 Å². The van der Waals surface area contributed by atoms with Crippen LogP contribution in [-0.2, 0) is 4.74 Å². The minimum atomic E-state index is -0.374. The molecule has 2 rings (SSSR count). The van der Waals surface area contributed by atoms with Crippen molar-refractivity contribution in [3.8, 4) is 0 Å².